The normalized spacial score (nSPS) is 15.4. The zero-order chi connectivity index (χ0) is 19.3. The van der Waals surface area contributed by atoms with Gasteiger partial charge in [-0.15, -0.1) is 0 Å². The van der Waals surface area contributed by atoms with E-state index in [0.717, 1.165) is 24.8 Å². The summed E-state index contributed by atoms with van der Waals surface area (Å²) in [5, 5.41) is 6.79. The van der Waals surface area contributed by atoms with E-state index in [2.05, 4.69) is 5.32 Å². The fourth-order valence-electron chi connectivity index (χ4n) is 3.11. The Morgan fingerprint density at radius 3 is 2.67 bits per heavy atom. The van der Waals surface area contributed by atoms with Gasteiger partial charge in [0.2, 0.25) is 15.9 Å². The summed E-state index contributed by atoms with van der Waals surface area (Å²) in [7, 11) is -2.07. The minimum absolute atomic E-state index is 0.174. The van der Waals surface area contributed by atoms with Crippen molar-refractivity contribution in [3.05, 3.63) is 40.6 Å². The topological polar surface area (TPSA) is 75.7 Å². The molecule has 0 bridgehead atoms. The number of carbonyl (C=O) groups excluding carboxylic acids is 1. The number of sulfonamides is 1. The molecule has 0 atom stereocenters. The number of hydrogen-bond donors (Lipinski definition) is 1. The van der Waals surface area contributed by atoms with E-state index in [1.807, 2.05) is 16.8 Å². The molecule has 1 aliphatic heterocycles. The molecule has 0 aliphatic carbocycles. The second kappa shape index (κ2) is 8.86. The van der Waals surface area contributed by atoms with Crippen LogP contribution < -0.4 is 10.1 Å². The minimum atomic E-state index is -3.57. The van der Waals surface area contributed by atoms with Gasteiger partial charge in [0.05, 0.1) is 17.7 Å². The average Bonchev–Trinajstić information content (AvgIpc) is 3.20. The van der Waals surface area contributed by atoms with Crippen LogP contribution in [0, 0.1) is 0 Å². The maximum absolute atomic E-state index is 12.9. The molecule has 1 saturated heterocycles. The maximum atomic E-state index is 12.9. The van der Waals surface area contributed by atoms with E-state index >= 15 is 0 Å². The van der Waals surface area contributed by atoms with E-state index in [9.17, 15) is 13.2 Å². The van der Waals surface area contributed by atoms with Crippen molar-refractivity contribution in [2.45, 2.75) is 37.0 Å². The van der Waals surface area contributed by atoms with Crippen LogP contribution in [0.1, 0.15) is 31.2 Å². The first-order valence-corrected chi connectivity index (χ1v) is 11.4. The Morgan fingerprint density at radius 1 is 1.22 bits per heavy atom. The van der Waals surface area contributed by atoms with Crippen molar-refractivity contribution in [2.24, 2.45) is 0 Å². The van der Waals surface area contributed by atoms with Gasteiger partial charge in [0, 0.05) is 19.5 Å². The second-order valence-corrected chi connectivity index (χ2v) is 9.22. The first-order valence-electron chi connectivity index (χ1n) is 9.00. The second-order valence-electron chi connectivity index (χ2n) is 6.51. The monoisotopic (exact) mass is 408 g/mol. The Hall–Kier alpha value is -1.90. The smallest absolute Gasteiger partial charge is 0.243 e. The summed E-state index contributed by atoms with van der Waals surface area (Å²) < 4.78 is 32.6. The van der Waals surface area contributed by atoms with E-state index < -0.39 is 10.0 Å². The number of hydrogen-bond acceptors (Lipinski definition) is 5. The van der Waals surface area contributed by atoms with Gasteiger partial charge in [-0.25, -0.2) is 8.42 Å². The largest absolute Gasteiger partial charge is 0.495 e. The third kappa shape index (κ3) is 4.88. The van der Waals surface area contributed by atoms with Crippen LogP contribution in [-0.4, -0.2) is 38.8 Å². The molecule has 0 saturated carbocycles. The summed E-state index contributed by atoms with van der Waals surface area (Å²) in [6.45, 7) is 1.08. The van der Waals surface area contributed by atoms with Crippen LogP contribution in [0.3, 0.4) is 0 Å². The van der Waals surface area contributed by atoms with Crippen molar-refractivity contribution in [3.63, 3.8) is 0 Å². The molecule has 1 aromatic heterocycles. The van der Waals surface area contributed by atoms with Crippen LogP contribution in [0.15, 0.2) is 39.9 Å². The molecule has 8 heteroatoms. The first-order chi connectivity index (χ1) is 13.0. The number of carbonyl (C=O) groups is 1. The van der Waals surface area contributed by atoms with Crippen LogP contribution in [0.25, 0.3) is 0 Å². The Balaban J connectivity index is 1.75. The molecular formula is C19H24N2O4S2. The lowest BCUT2D eigenvalue weighted by atomic mass is 10.2. The third-order valence-electron chi connectivity index (χ3n) is 4.62. The molecule has 0 unspecified atom stereocenters. The molecule has 2 heterocycles. The van der Waals surface area contributed by atoms with Crippen molar-refractivity contribution in [2.75, 3.05) is 25.5 Å². The number of thiophene rings is 1. The lowest BCUT2D eigenvalue weighted by Crippen LogP contribution is -2.35. The number of rotatable bonds is 7. The molecular weight excluding hydrogens is 384 g/mol. The van der Waals surface area contributed by atoms with Crippen molar-refractivity contribution >= 4 is 33.0 Å². The van der Waals surface area contributed by atoms with Crippen molar-refractivity contribution in [1.82, 2.24) is 4.31 Å². The molecule has 1 aromatic carbocycles. The van der Waals surface area contributed by atoms with Crippen LogP contribution in [0.4, 0.5) is 5.69 Å². The van der Waals surface area contributed by atoms with Crippen LogP contribution in [-0.2, 0) is 21.2 Å². The molecule has 0 spiro atoms. The molecule has 0 radical (unpaired) electrons. The number of ether oxygens (including phenoxy) is 1. The molecule has 146 valence electrons. The molecule has 1 N–H and O–H groups in total. The Morgan fingerprint density at radius 2 is 2.00 bits per heavy atom. The van der Waals surface area contributed by atoms with Crippen molar-refractivity contribution in [3.8, 4) is 5.75 Å². The molecule has 1 aliphatic rings. The summed E-state index contributed by atoms with van der Waals surface area (Å²) in [6, 6.07) is 6.60. The number of methoxy groups -OCH3 is 1. The van der Waals surface area contributed by atoms with Gasteiger partial charge in [-0.05, 0) is 59.9 Å². The van der Waals surface area contributed by atoms with Gasteiger partial charge in [-0.3, -0.25) is 4.79 Å². The van der Waals surface area contributed by atoms with E-state index in [-0.39, 0.29) is 10.8 Å². The zero-order valence-electron chi connectivity index (χ0n) is 15.3. The predicted octanol–water partition coefficient (Wildman–Crippen LogP) is 3.50. The van der Waals surface area contributed by atoms with E-state index in [4.69, 9.17) is 4.74 Å². The van der Waals surface area contributed by atoms with E-state index in [0.29, 0.717) is 37.4 Å². The average molecular weight is 409 g/mol. The highest BCUT2D eigenvalue weighted by atomic mass is 32.2. The minimum Gasteiger partial charge on any atom is -0.495 e. The summed E-state index contributed by atoms with van der Waals surface area (Å²) in [6.07, 6.45) is 3.77. The van der Waals surface area contributed by atoms with Gasteiger partial charge in [0.15, 0.2) is 0 Å². The van der Waals surface area contributed by atoms with Gasteiger partial charge in [-0.1, -0.05) is 6.42 Å². The Labute approximate surface area is 164 Å². The standard InChI is InChI=1S/C19H24N2O4S2/c1-25-18-7-6-16(27(23,24)21-10-3-2-4-11-21)13-17(18)20-19(22)8-5-15-9-12-26-14-15/h6-7,9,12-14H,2-5,8,10-11H2,1H3,(H,20,22). The molecule has 1 fully saturated rings. The number of piperidine rings is 1. The number of amides is 1. The summed E-state index contributed by atoms with van der Waals surface area (Å²) in [5.41, 5.74) is 1.49. The molecule has 3 rings (SSSR count). The lowest BCUT2D eigenvalue weighted by Gasteiger charge is -2.26. The van der Waals surface area contributed by atoms with E-state index in [1.165, 1.54) is 23.5 Å². The summed E-state index contributed by atoms with van der Waals surface area (Å²) in [5.74, 6) is 0.267. The number of aryl methyl sites for hydroxylation is 1. The molecule has 27 heavy (non-hydrogen) atoms. The predicted molar refractivity (Wildman–Crippen MR) is 107 cm³/mol. The quantitative estimate of drug-likeness (QED) is 0.761. The van der Waals surface area contributed by atoms with Crippen LogP contribution in [0.2, 0.25) is 0 Å². The van der Waals surface area contributed by atoms with Gasteiger partial charge in [0.1, 0.15) is 5.75 Å². The number of benzene rings is 1. The molecule has 1 amide bonds. The first kappa shape index (κ1) is 19.9. The number of nitrogens with one attached hydrogen (secondary N) is 1. The van der Waals surface area contributed by atoms with Crippen LogP contribution in [0.5, 0.6) is 5.75 Å². The SMILES string of the molecule is COc1ccc(S(=O)(=O)N2CCCCC2)cc1NC(=O)CCc1ccsc1. The lowest BCUT2D eigenvalue weighted by molar-refractivity contribution is -0.116. The molecule has 6 nitrogen and oxygen atoms in total. The van der Waals surface area contributed by atoms with E-state index in [1.54, 1.807) is 17.4 Å². The highest BCUT2D eigenvalue weighted by Crippen LogP contribution is 2.30. The zero-order valence-corrected chi connectivity index (χ0v) is 16.9. The van der Waals surface area contributed by atoms with Gasteiger partial charge in [-0.2, -0.15) is 15.6 Å². The highest BCUT2D eigenvalue weighted by molar-refractivity contribution is 7.89. The molecule has 2 aromatic rings. The third-order valence-corrected chi connectivity index (χ3v) is 7.25. The van der Waals surface area contributed by atoms with Gasteiger partial charge in [0.25, 0.3) is 0 Å². The fraction of sp³-hybridized carbons (Fsp3) is 0.421. The maximum Gasteiger partial charge on any atom is 0.243 e. The Kier molecular flexibility index (Phi) is 6.51. The van der Waals surface area contributed by atoms with Gasteiger partial charge >= 0.3 is 0 Å². The van der Waals surface area contributed by atoms with Crippen molar-refractivity contribution in [1.29, 1.82) is 0 Å². The van der Waals surface area contributed by atoms with Gasteiger partial charge < -0.3 is 10.1 Å². The fourth-order valence-corrected chi connectivity index (χ4v) is 5.35. The van der Waals surface area contributed by atoms with Crippen LogP contribution >= 0.6 is 11.3 Å². The van der Waals surface area contributed by atoms with Crippen molar-refractivity contribution < 1.29 is 17.9 Å². The Bertz CT molecular complexity index is 873. The summed E-state index contributed by atoms with van der Waals surface area (Å²) in [4.78, 5) is 12.5. The summed E-state index contributed by atoms with van der Waals surface area (Å²) >= 11 is 1.60. The highest BCUT2D eigenvalue weighted by Gasteiger charge is 2.26. The number of anilines is 1. The number of nitrogens with zero attached hydrogens (tertiary/aromatic N) is 1.